The van der Waals surface area contributed by atoms with Gasteiger partial charge in [-0.2, -0.15) is 5.10 Å². The van der Waals surface area contributed by atoms with Crippen molar-refractivity contribution >= 4 is 36.5 Å². The highest BCUT2D eigenvalue weighted by molar-refractivity contribution is 5.91. The number of aromatic nitrogens is 3. The van der Waals surface area contributed by atoms with E-state index in [1.54, 1.807) is 30.1 Å². The molecule has 2 rings (SSSR count). The fourth-order valence-corrected chi connectivity index (χ4v) is 1.67. The number of rotatable bonds is 5. The van der Waals surface area contributed by atoms with Gasteiger partial charge in [-0.15, -0.1) is 24.8 Å². The Kier molecular flexibility index (Phi) is 8.70. The van der Waals surface area contributed by atoms with Crippen molar-refractivity contribution in [2.45, 2.75) is 26.4 Å². The minimum absolute atomic E-state index is 0. The Morgan fingerprint density at radius 3 is 2.50 bits per heavy atom. The molecule has 6 nitrogen and oxygen atoms in total. The Balaban J connectivity index is 0.00000220. The molecule has 0 aromatic carbocycles. The zero-order valence-corrected chi connectivity index (χ0v) is 14.1. The predicted molar refractivity (Wildman–Crippen MR) is 91.5 cm³/mol. The summed E-state index contributed by atoms with van der Waals surface area (Å²) < 4.78 is 1.77. The van der Waals surface area contributed by atoms with Crippen LogP contribution in [0.2, 0.25) is 0 Å². The number of hydrogen-bond donors (Lipinski definition) is 2. The van der Waals surface area contributed by atoms with Crippen LogP contribution in [0.5, 0.6) is 0 Å². The van der Waals surface area contributed by atoms with Gasteiger partial charge in [0, 0.05) is 30.7 Å². The van der Waals surface area contributed by atoms with E-state index in [2.05, 4.69) is 15.4 Å². The second kappa shape index (κ2) is 9.40. The van der Waals surface area contributed by atoms with Crippen molar-refractivity contribution in [2.24, 2.45) is 11.7 Å². The van der Waals surface area contributed by atoms with Crippen LogP contribution in [-0.2, 0) is 11.3 Å². The third kappa shape index (κ3) is 5.63. The lowest BCUT2D eigenvalue weighted by Crippen LogP contribution is -2.34. The summed E-state index contributed by atoms with van der Waals surface area (Å²) in [6.07, 6.45) is 5.31. The Bertz CT molecular complexity index is 574. The lowest BCUT2D eigenvalue weighted by atomic mass is 10.0. The monoisotopic (exact) mass is 345 g/mol. The number of anilines is 1. The third-order valence-corrected chi connectivity index (χ3v) is 3.19. The van der Waals surface area contributed by atoms with Crippen molar-refractivity contribution in [1.29, 1.82) is 0 Å². The number of nitrogens with zero attached hydrogens (tertiary/aromatic N) is 3. The Hall–Kier alpha value is -1.63. The second-order valence-corrected chi connectivity index (χ2v) is 4.89. The first kappa shape index (κ1) is 20.4. The van der Waals surface area contributed by atoms with E-state index in [0.29, 0.717) is 12.4 Å². The highest BCUT2D eigenvalue weighted by Gasteiger charge is 2.17. The summed E-state index contributed by atoms with van der Waals surface area (Å²) in [5.74, 6) is 0.172. The van der Waals surface area contributed by atoms with Crippen LogP contribution >= 0.6 is 24.8 Å². The molecule has 0 aliphatic rings. The summed E-state index contributed by atoms with van der Waals surface area (Å²) in [5, 5.41) is 7.08. The molecule has 8 heteroatoms. The molecular formula is C14H21Cl2N5O. The average Bonchev–Trinajstić information content (AvgIpc) is 2.86. The summed E-state index contributed by atoms with van der Waals surface area (Å²) in [5.41, 5.74) is 6.81. The van der Waals surface area contributed by atoms with Gasteiger partial charge in [0.2, 0.25) is 5.91 Å². The van der Waals surface area contributed by atoms with E-state index in [0.717, 1.165) is 5.56 Å². The molecule has 122 valence electrons. The van der Waals surface area contributed by atoms with Gasteiger partial charge in [-0.3, -0.25) is 14.5 Å². The first-order valence-electron chi connectivity index (χ1n) is 6.55. The van der Waals surface area contributed by atoms with Crippen molar-refractivity contribution in [3.05, 3.63) is 42.4 Å². The maximum absolute atomic E-state index is 11.9. The summed E-state index contributed by atoms with van der Waals surface area (Å²) in [7, 11) is 0. The highest BCUT2D eigenvalue weighted by atomic mass is 35.5. The van der Waals surface area contributed by atoms with Gasteiger partial charge in [-0.1, -0.05) is 6.92 Å². The number of nitrogens with two attached hydrogens (primary N) is 1. The van der Waals surface area contributed by atoms with Crippen LogP contribution in [0, 0.1) is 5.92 Å². The van der Waals surface area contributed by atoms with Crippen LogP contribution in [0.15, 0.2) is 36.8 Å². The summed E-state index contributed by atoms with van der Waals surface area (Å²) in [4.78, 5) is 15.8. The normalized spacial score (nSPS) is 12.5. The van der Waals surface area contributed by atoms with Crippen molar-refractivity contribution in [2.75, 3.05) is 5.32 Å². The first-order valence-corrected chi connectivity index (χ1v) is 6.55. The molecule has 2 aromatic rings. The van der Waals surface area contributed by atoms with Crippen molar-refractivity contribution in [3.8, 4) is 0 Å². The number of halogens is 2. The van der Waals surface area contributed by atoms with Crippen molar-refractivity contribution in [3.63, 3.8) is 0 Å². The zero-order chi connectivity index (χ0) is 14.5. The van der Waals surface area contributed by atoms with Gasteiger partial charge in [-0.25, -0.2) is 0 Å². The van der Waals surface area contributed by atoms with Gasteiger partial charge < -0.3 is 11.1 Å². The van der Waals surface area contributed by atoms with Crippen molar-refractivity contribution < 1.29 is 4.79 Å². The molecule has 1 amide bonds. The minimum atomic E-state index is -0.250. The molecule has 0 saturated carbocycles. The minimum Gasteiger partial charge on any atom is -0.327 e. The number of carbonyl (C=O) groups excluding carboxylic acids is 1. The largest absolute Gasteiger partial charge is 0.327 e. The molecule has 0 aliphatic heterocycles. The van der Waals surface area contributed by atoms with Crippen LogP contribution in [0.25, 0.3) is 0 Å². The number of hydrogen-bond acceptors (Lipinski definition) is 4. The fraction of sp³-hybridized carbons (Fsp3) is 0.357. The van der Waals surface area contributed by atoms with Crippen LogP contribution in [0.3, 0.4) is 0 Å². The molecular weight excluding hydrogens is 325 g/mol. The second-order valence-electron chi connectivity index (χ2n) is 4.89. The number of amides is 1. The molecule has 2 aromatic heterocycles. The topological polar surface area (TPSA) is 85.8 Å². The van der Waals surface area contributed by atoms with E-state index < -0.39 is 0 Å². The standard InChI is InChI=1S/C14H19N5O.2ClH/c1-10(11(2)15)14(20)17-13-5-8-19(18-13)9-12-3-6-16-7-4-12;;/h3-8,10-11H,9,15H2,1-2H3,(H,17,18,20);2*1H. The van der Waals surface area contributed by atoms with Gasteiger partial charge in [0.15, 0.2) is 5.82 Å². The third-order valence-electron chi connectivity index (χ3n) is 3.19. The van der Waals surface area contributed by atoms with E-state index in [1.165, 1.54) is 0 Å². The quantitative estimate of drug-likeness (QED) is 0.868. The first-order chi connectivity index (χ1) is 9.56. The van der Waals surface area contributed by atoms with E-state index in [1.807, 2.05) is 25.3 Å². The van der Waals surface area contributed by atoms with Gasteiger partial charge in [0.1, 0.15) is 0 Å². The predicted octanol–water partition coefficient (Wildman–Crippen LogP) is 2.09. The maximum atomic E-state index is 11.9. The fourth-order valence-electron chi connectivity index (χ4n) is 1.67. The van der Waals surface area contributed by atoms with Crippen molar-refractivity contribution in [1.82, 2.24) is 14.8 Å². The molecule has 2 atom stereocenters. The number of pyridine rings is 1. The average molecular weight is 346 g/mol. The van der Waals surface area contributed by atoms with E-state index in [-0.39, 0.29) is 42.7 Å². The van der Waals surface area contributed by atoms with E-state index in [4.69, 9.17) is 5.73 Å². The molecule has 22 heavy (non-hydrogen) atoms. The molecule has 2 heterocycles. The molecule has 0 radical (unpaired) electrons. The van der Waals surface area contributed by atoms with Crippen LogP contribution in [0.4, 0.5) is 5.82 Å². The Labute approximate surface area is 142 Å². The molecule has 0 aliphatic carbocycles. The summed E-state index contributed by atoms with van der Waals surface area (Å²) >= 11 is 0. The van der Waals surface area contributed by atoms with Crippen LogP contribution < -0.4 is 11.1 Å². The summed E-state index contributed by atoms with van der Waals surface area (Å²) in [6, 6.07) is 5.44. The highest BCUT2D eigenvalue weighted by Crippen LogP contribution is 2.09. The molecule has 2 unspecified atom stereocenters. The smallest absolute Gasteiger partial charge is 0.229 e. The molecule has 0 spiro atoms. The van der Waals surface area contributed by atoms with Gasteiger partial charge in [0.05, 0.1) is 12.5 Å². The molecule has 0 bridgehead atoms. The number of nitrogens with one attached hydrogen (secondary N) is 1. The lowest BCUT2D eigenvalue weighted by Gasteiger charge is -2.13. The lowest BCUT2D eigenvalue weighted by molar-refractivity contribution is -0.119. The Morgan fingerprint density at radius 1 is 1.27 bits per heavy atom. The zero-order valence-electron chi connectivity index (χ0n) is 12.5. The molecule has 3 N–H and O–H groups in total. The Morgan fingerprint density at radius 2 is 1.91 bits per heavy atom. The maximum Gasteiger partial charge on any atom is 0.229 e. The summed E-state index contributed by atoms with van der Waals surface area (Å²) in [6.45, 7) is 4.25. The van der Waals surface area contributed by atoms with Crippen LogP contribution in [-0.4, -0.2) is 26.7 Å². The molecule has 0 saturated heterocycles. The van der Waals surface area contributed by atoms with Gasteiger partial charge >= 0.3 is 0 Å². The van der Waals surface area contributed by atoms with E-state index in [9.17, 15) is 4.79 Å². The van der Waals surface area contributed by atoms with Gasteiger partial charge in [0.25, 0.3) is 0 Å². The van der Waals surface area contributed by atoms with E-state index >= 15 is 0 Å². The van der Waals surface area contributed by atoms with Crippen LogP contribution in [0.1, 0.15) is 19.4 Å². The van der Waals surface area contributed by atoms with Gasteiger partial charge in [-0.05, 0) is 24.6 Å². The molecule has 0 fully saturated rings. The number of carbonyl (C=O) groups is 1. The SMILES string of the molecule is CC(N)C(C)C(=O)Nc1ccn(Cc2ccncc2)n1.Cl.Cl.